The van der Waals surface area contributed by atoms with Crippen molar-refractivity contribution in [2.75, 3.05) is 20.2 Å². The molecule has 11 nitrogen and oxygen atoms in total. The van der Waals surface area contributed by atoms with Crippen LogP contribution in [0.3, 0.4) is 0 Å². The van der Waals surface area contributed by atoms with Crippen LogP contribution in [0.2, 0.25) is 0 Å². The molecule has 2 aliphatic rings. The third-order valence-corrected chi connectivity index (χ3v) is 10.1. The number of hydrogen-bond acceptors (Lipinski definition) is 6. The summed E-state index contributed by atoms with van der Waals surface area (Å²) in [6.07, 6.45) is 4.78. The number of methoxy groups -OCH3 is 1. The van der Waals surface area contributed by atoms with Gasteiger partial charge in [0.2, 0.25) is 11.8 Å². The van der Waals surface area contributed by atoms with E-state index in [2.05, 4.69) is 41.0 Å². The highest BCUT2D eigenvalue weighted by atomic mass is 16.5. The summed E-state index contributed by atoms with van der Waals surface area (Å²) in [5.74, 6) is 8.35. The zero-order valence-electron chi connectivity index (χ0n) is 29.7. The summed E-state index contributed by atoms with van der Waals surface area (Å²) in [5, 5.41) is 2.69. The number of likely N-dealkylation sites (tertiary alicyclic amines) is 2. The number of imidazole rings is 2. The minimum absolute atomic E-state index is 0.0188. The Morgan fingerprint density at radius 3 is 2.14 bits per heavy atom. The van der Waals surface area contributed by atoms with Crippen LogP contribution in [0.4, 0.5) is 4.79 Å². The van der Waals surface area contributed by atoms with E-state index in [0.29, 0.717) is 12.5 Å². The molecular weight excluding hydrogens is 630 g/mol. The van der Waals surface area contributed by atoms with Gasteiger partial charge in [-0.05, 0) is 67.9 Å². The molecule has 11 heteroatoms. The lowest BCUT2D eigenvalue weighted by Crippen LogP contribution is -2.51. The lowest BCUT2D eigenvalue weighted by atomic mass is 9.96. The van der Waals surface area contributed by atoms with Crippen LogP contribution in [0.15, 0.2) is 48.7 Å². The Kier molecular flexibility index (Phi) is 10.3. The number of nitrogens with zero attached hydrogens (tertiary/aromatic N) is 4. The number of H-pyrrole nitrogens is 2. The average Bonchev–Trinajstić information content (AvgIpc) is 3.94. The number of ether oxygens (including phenoxy) is 1. The lowest BCUT2D eigenvalue weighted by Gasteiger charge is -2.29. The largest absolute Gasteiger partial charge is 0.453 e. The number of carbonyl (C=O) groups is 3. The minimum Gasteiger partial charge on any atom is -0.453 e. The molecule has 0 unspecified atom stereocenters. The summed E-state index contributed by atoms with van der Waals surface area (Å²) in [7, 11) is 1.29. The maximum atomic E-state index is 13.5. The Morgan fingerprint density at radius 1 is 0.840 bits per heavy atom. The van der Waals surface area contributed by atoms with Crippen molar-refractivity contribution in [1.82, 2.24) is 35.1 Å². The van der Waals surface area contributed by atoms with Gasteiger partial charge in [0, 0.05) is 41.9 Å². The molecule has 4 heterocycles. The molecule has 0 saturated carbocycles. The first-order valence-electron chi connectivity index (χ1n) is 17.7. The number of aromatic amines is 2. The van der Waals surface area contributed by atoms with Crippen LogP contribution in [0, 0.1) is 29.6 Å². The number of amides is 3. The molecule has 3 N–H and O–H groups in total. The predicted octanol–water partition coefficient (Wildman–Crippen LogP) is 6.35. The second kappa shape index (κ2) is 14.8. The number of nitrogens with one attached hydrogen (secondary N) is 3. The molecule has 0 spiro atoms. The second-order valence-corrected chi connectivity index (χ2v) is 14.1. The monoisotopic (exact) mass is 677 g/mol. The van der Waals surface area contributed by atoms with E-state index < -0.39 is 12.1 Å². The molecule has 2 fully saturated rings. The van der Waals surface area contributed by atoms with Crippen LogP contribution in [0.5, 0.6) is 0 Å². The summed E-state index contributed by atoms with van der Waals surface area (Å²) in [4.78, 5) is 58.8. The number of carbonyl (C=O) groups excluding carboxylic acids is 3. The fraction of sp³-hybridized carbons (Fsp3) is 0.462. The van der Waals surface area contributed by atoms with E-state index >= 15 is 0 Å². The van der Waals surface area contributed by atoms with Crippen molar-refractivity contribution in [1.29, 1.82) is 0 Å². The standard InChI is InChI=1S/C39H47N7O4/c1-23(2)25(5)37(47)45-19-8-10-33(45)36-41-29-18-15-27(21-30(29)42-36)12-11-26-13-16-28(17-14-26)31-22-40-35(43-31)32-9-7-20-46(32)38(48)34(24(3)4)44-39(49)50-6/h13-18,21-25,32-34H,7-10,19-20H2,1-6H3,(H,40,43)(H,41,42)(H,44,49)/t25-,32+,33+,34+/m1/s1. The molecular formula is C39H47N7O4. The van der Waals surface area contributed by atoms with Crippen LogP contribution < -0.4 is 5.32 Å². The molecule has 4 atom stereocenters. The number of aromatic nitrogens is 4. The Hall–Kier alpha value is -5.11. The van der Waals surface area contributed by atoms with Crippen molar-refractivity contribution in [3.05, 3.63) is 71.4 Å². The molecule has 262 valence electrons. The quantitative estimate of drug-likeness (QED) is 0.186. The topological polar surface area (TPSA) is 136 Å². The van der Waals surface area contributed by atoms with Crippen molar-refractivity contribution in [3.63, 3.8) is 0 Å². The molecule has 3 amide bonds. The van der Waals surface area contributed by atoms with Crippen molar-refractivity contribution < 1.29 is 19.1 Å². The van der Waals surface area contributed by atoms with Crippen LogP contribution in [0.1, 0.15) is 95.2 Å². The first-order valence-corrected chi connectivity index (χ1v) is 17.7. The van der Waals surface area contributed by atoms with E-state index in [1.165, 1.54) is 7.11 Å². The first kappa shape index (κ1) is 34.7. The maximum absolute atomic E-state index is 13.5. The number of hydrogen-bond donors (Lipinski definition) is 3. The van der Waals surface area contributed by atoms with Crippen molar-refractivity contribution in [2.24, 2.45) is 17.8 Å². The Bertz CT molecular complexity index is 1920. The van der Waals surface area contributed by atoms with Gasteiger partial charge in [0.1, 0.15) is 17.7 Å². The van der Waals surface area contributed by atoms with E-state index in [1.807, 2.05) is 79.2 Å². The van der Waals surface area contributed by atoms with E-state index in [-0.39, 0.29) is 35.7 Å². The highest BCUT2D eigenvalue weighted by molar-refractivity contribution is 5.86. The summed E-state index contributed by atoms with van der Waals surface area (Å²) in [6.45, 7) is 11.4. The number of rotatable bonds is 8. The molecule has 2 saturated heterocycles. The van der Waals surface area contributed by atoms with Gasteiger partial charge >= 0.3 is 6.09 Å². The minimum atomic E-state index is -0.678. The highest BCUT2D eigenvalue weighted by Crippen LogP contribution is 2.34. The van der Waals surface area contributed by atoms with E-state index in [1.54, 1.807) is 0 Å². The molecule has 2 aromatic carbocycles. The van der Waals surface area contributed by atoms with E-state index in [4.69, 9.17) is 14.7 Å². The Labute approximate surface area is 293 Å². The molecule has 4 aromatic rings. The molecule has 6 rings (SSSR count). The summed E-state index contributed by atoms with van der Waals surface area (Å²) in [5.41, 5.74) is 5.24. The average molecular weight is 678 g/mol. The molecule has 2 aliphatic heterocycles. The number of fused-ring (bicyclic) bond motifs is 1. The third kappa shape index (κ3) is 7.25. The molecule has 2 aromatic heterocycles. The predicted molar refractivity (Wildman–Crippen MR) is 192 cm³/mol. The van der Waals surface area contributed by atoms with Gasteiger partial charge in [-0.1, -0.05) is 58.6 Å². The zero-order valence-corrected chi connectivity index (χ0v) is 29.7. The van der Waals surface area contributed by atoms with Crippen LogP contribution >= 0.6 is 0 Å². The Morgan fingerprint density at radius 2 is 1.48 bits per heavy atom. The molecule has 0 aliphatic carbocycles. The highest BCUT2D eigenvalue weighted by Gasteiger charge is 2.38. The third-order valence-electron chi connectivity index (χ3n) is 10.1. The van der Waals surface area contributed by atoms with Gasteiger partial charge in [0.05, 0.1) is 35.9 Å². The summed E-state index contributed by atoms with van der Waals surface area (Å²) < 4.78 is 4.74. The van der Waals surface area contributed by atoms with Gasteiger partial charge in [-0.3, -0.25) is 9.59 Å². The zero-order chi connectivity index (χ0) is 35.5. The van der Waals surface area contributed by atoms with Crippen LogP contribution in [-0.4, -0.2) is 73.9 Å². The van der Waals surface area contributed by atoms with Crippen molar-refractivity contribution >= 4 is 28.9 Å². The fourth-order valence-electron chi connectivity index (χ4n) is 6.84. The molecule has 0 bridgehead atoms. The summed E-state index contributed by atoms with van der Waals surface area (Å²) in [6, 6.07) is 13.0. The van der Waals surface area contributed by atoms with Crippen molar-refractivity contribution in [3.8, 4) is 23.1 Å². The maximum Gasteiger partial charge on any atom is 0.407 e. The fourth-order valence-corrected chi connectivity index (χ4v) is 6.84. The summed E-state index contributed by atoms with van der Waals surface area (Å²) >= 11 is 0. The first-order chi connectivity index (χ1) is 24.0. The van der Waals surface area contributed by atoms with Crippen molar-refractivity contribution in [2.45, 2.75) is 78.4 Å². The second-order valence-electron chi connectivity index (χ2n) is 14.1. The van der Waals surface area contributed by atoms with Gasteiger partial charge in [0.15, 0.2) is 0 Å². The number of alkyl carbamates (subject to hydrolysis) is 1. The Balaban J connectivity index is 1.12. The van der Waals surface area contributed by atoms with Crippen LogP contribution in [0.25, 0.3) is 22.3 Å². The molecule has 50 heavy (non-hydrogen) atoms. The van der Waals surface area contributed by atoms with Gasteiger partial charge in [-0.2, -0.15) is 0 Å². The lowest BCUT2D eigenvalue weighted by molar-refractivity contribution is -0.137. The van der Waals surface area contributed by atoms with Gasteiger partial charge in [0.25, 0.3) is 0 Å². The van der Waals surface area contributed by atoms with E-state index in [0.717, 1.165) is 77.3 Å². The van der Waals surface area contributed by atoms with Gasteiger partial charge in [-0.25, -0.2) is 14.8 Å². The van der Waals surface area contributed by atoms with Gasteiger partial charge < -0.3 is 29.8 Å². The number of benzene rings is 2. The van der Waals surface area contributed by atoms with Gasteiger partial charge in [-0.15, -0.1) is 0 Å². The molecule has 0 radical (unpaired) electrons. The smallest absolute Gasteiger partial charge is 0.407 e. The normalized spacial score (nSPS) is 18.7. The van der Waals surface area contributed by atoms with E-state index in [9.17, 15) is 14.4 Å². The van der Waals surface area contributed by atoms with Crippen LogP contribution in [-0.2, 0) is 14.3 Å². The SMILES string of the molecule is COC(=O)N[C@H](C(=O)N1CCC[C@H]1c1nc(-c2ccc(C#Cc3ccc4[nH]c([C@@H]5CCCN5C(=O)[C@H](C)C(C)C)nc4c3)cc2)c[nH]1)C(C)C.